The van der Waals surface area contributed by atoms with E-state index in [4.69, 9.17) is 26.1 Å². The molecule has 0 fully saturated rings. The average Bonchev–Trinajstić information content (AvgIpc) is 2.77. The second-order valence-corrected chi connectivity index (χ2v) is 9.39. The minimum atomic E-state index is -0.488. The topological polar surface area (TPSA) is 82.8 Å². The fourth-order valence-corrected chi connectivity index (χ4v) is 4.38. The van der Waals surface area contributed by atoms with Crippen molar-refractivity contribution in [2.45, 2.75) is 33.1 Å². The second-order valence-electron chi connectivity index (χ2n) is 7.21. The fourth-order valence-electron chi connectivity index (χ4n) is 3.03. The van der Waals surface area contributed by atoms with Crippen LogP contribution in [0.2, 0.25) is 5.02 Å². The quantitative estimate of drug-likeness (QED) is 0.238. The van der Waals surface area contributed by atoms with Gasteiger partial charge in [-0.15, -0.1) is 0 Å². The Labute approximate surface area is 213 Å². The number of carbonyl (C=O) groups is 1. The maximum atomic E-state index is 13.2. The summed E-state index contributed by atoms with van der Waals surface area (Å²) in [6.45, 7) is 5.76. The molecule has 0 saturated heterocycles. The van der Waals surface area contributed by atoms with Crippen molar-refractivity contribution in [3.8, 4) is 5.75 Å². The van der Waals surface area contributed by atoms with E-state index in [0.717, 1.165) is 10.9 Å². The third-order valence-corrected chi connectivity index (χ3v) is 6.23. The molecule has 3 aromatic rings. The zero-order valence-corrected chi connectivity index (χ0v) is 22.2. The van der Waals surface area contributed by atoms with Gasteiger partial charge in [-0.05, 0) is 65.2 Å². The van der Waals surface area contributed by atoms with Crippen LogP contribution in [0, 0.1) is 0 Å². The van der Waals surface area contributed by atoms with Crippen LogP contribution in [0.3, 0.4) is 0 Å². The number of esters is 1. The van der Waals surface area contributed by atoms with Gasteiger partial charge in [0.2, 0.25) is 0 Å². The molecule has 0 aliphatic rings. The zero-order valence-electron chi connectivity index (χ0n) is 18.3. The van der Waals surface area contributed by atoms with Crippen LogP contribution in [0.5, 0.6) is 5.75 Å². The van der Waals surface area contributed by atoms with Gasteiger partial charge in [-0.2, -0.15) is 9.78 Å². The molecule has 33 heavy (non-hydrogen) atoms. The normalized spacial score (nSPS) is 12.3. The van der Waals surface area contributed by atoms with Crippen LogP contribution in [0.4, 0.5) is 0 Å². The summed E-state index contributed by atoms with van der Waals surface area (Å²) in [4.78, 5) is 29.5. The predicted molar refractivity (Wildman–Crippen MR) is 137 cm³/mol. The highest BCUT2D eigenvalue weighted by molar-refractivity contribution is 9.10. The maximum Gasteiger partial charge on any atom is 0.344 e. The predicted octanol–water partition coefficient (Wildman–Crippen LogP) is 5.91. The van der Waals surface area contributed by atoms with Gasteiger partial charge in [0.25, 0.3) is 5.56 Å². The van der Waals surface area contributed by atoms with E-state index in [9.17, 15) is 9.59 Å². The molecule has 1 heterocycles. The van der Waals surface area contributed by atoms with Gasteiger partial charge in [0.05, 0.1) is 33.2 Å². The molecule has 0 amide bonds. The van der Waals surface area contributed by atoms with Crippen LogP contribution in [0.1, 0.15) is 44.5 Å². The summed E-state index contributed by atoms with van der Waals surface area (Å²) in [5, 5.41) is 5.19. The molecule has 0 aliphatic heterocycles. The van der Waals surface area contributed by atoms with Gasteiger partial charge in [0, 0.05) is 10.4 Å². The molecule has 174 valence electrons. The van der Waals surface area contributed by atoms with Crippen molar-refractivity contribution >= 4 is 66.5 Å². The van der Waals surface area contributed by atoms with Crippen molar-refractivity contribution in [2.24, 2.45) is 5.10 Å². The largest absolute Gasteiger partial charge is 0.479 e. The Morgan fingerprint density at radius 3 is 2.70 bits per heavy atom. The van der Waals surface area contributed by atoms with E-state index in [2.05, 4.69) is 37.0 Å². The van der Waals surface area contributed by atoms with E-state index in [1.54, 1.807) is 25.1 Å². The first-order chi connectivity index (χ1) is 15.7. The van der Waals surface area contributed by atoms with Gasteiger partial charge in [-0.3, -0.25) is 4.79 Å². The SMILES string of the molecule is CCOC(=O)COc1c(Cl)cc(C=Nn2c([C@@H](C)CC)nc3ccc(Br)cc3c2=O)cc1Br. The molecule has 1 atom stereocenters. The van der Waals surface area contributed by atoms with Gasteiger partial charge >= 0.3 is 5.97 Å². The van der Waals surface area contributed by atoms with E-state index in [1.807, 2.05) is 26.0 Å². The number of carbonyl (C=O) groups excluding carboxylic acids is 1. The molecule has 0 unspecified atom stereocenters. The standard InChI is InChI=1S/C23H22Br2ClN3O4/c1-4-13(3)22-28-19-7-6-15(24)10-16(19)23(31)29(22)27-11-14-8-17(25)21(18(26)9-14)33-12-20(30)32-5-2/h6-11,13H,4-5,12H2,1-3H3/t13-/m0/s1. The summed E-state index contributed by atoms with van der Waals surface area (Å²) in [5.41, 5.74) is 0.998. The number of hydrogen-bond donors (Lipinski definition) is 0. The molecule has 2 aromatic carbocycles. The monoisotopic (exact) mass is 597 g/mol. The summed E-state index contributed by atoms with van der Waals surface area (Å²) in [7, 11) is 0. The number of ether oxygens (including phenoxy) is 2. The first-order valence-electron chi connectivity index (χ1n) is 10.3. The van der Waals surface area contributed by atoms with Crippen LogP contribution in [0.25, 0.3) is 10.9 Å². The van der Waals surface area contributed by atoms with Crippen molar-refractivity contribution in [2.75, 3.05) is 13.2 Å². The molecule has 0 radical (unpaired) electrons. The third-order valence-electron chi connectivity index (χ3n) is 4.87. The van der Waals surface area contributed by atoms with Crippen LogP contribution < -0.4 is 10.3 Å². The van der Waals surface area contributed by atoms with Crippen LogP contribution >= 0.6 is 43.5 Å². The minimum absolute atomic E-state index is 0.0249. The Morgan fingerprint density at radius 1 is 1.27 bits per heavy atom. The molecule has 10 heteroatoms. The lowest BCUT2D eigenvalue weighted by Gasteiger charge is -2.14. The number of halogens is 3. The number of benzene rings is 2. The Balaban J connectivity index is 1.99. The summed E-state index contributed by atoms with van der Waals surface area (Å²) < 4.78 is 13.0. The molecule has 1 aromatic heterocycles. The van der Waals surface area contributed by atoms with Crippen molar-refractivity contribution in [1.82, 2.24) is 9.66 Å². The number of hydrogen-bond acceptors (Lipinski definition) is 6. The molecule has 3 rings (SSSR count). The van der Waals surface area contributed by atoms with E-state index < -0.39 is 5.97 Å². The average molecular weight is 600 g/mol. The lowest BCUT2D eigenvalue weighted by atomic mass is 10.1. The summed E-state index contributed by atoms with van der Waals surface area (Å²) in [6, 6.07) is 8.77. The van der Waals surface area contributed by atoms with Crippen LogP contribution in [0.15, 0.2) is 49.2 Å². The van der Waals surface area contributed by atoms with Crippen LogP contribution in [-0.2, 0) is 9.53 Å². The Kier molecular flexibility index (Phi) is 8.67. The van der Waals surface area contributed by atoms with E-state index in [-0.39, 0.29) is 29.7 Å². The van der Waals surface area contributed by atoms with Gasteiger partial charge < -0.3 is 9.47 Å². The molecule has 0 aliphatic carbocycles. The van der Waals surface area contributed by atoms with Crippen LogP contribution in [-0.4, -0.2) is 35.1 Å². The minimum Gasteiger partial charge on any atom is -0.479 e. The lowest BCUT2D eigenvalue weighted by molar-refractivity contribution is -0.145. The van der Waals surface area contributed by atoms with Gasteiger partial charge in [0.1, 0.15) is 5.82 Å². The highest BCUT2D eigenvalue weighted by Crippen LogP contribution is 2.34. The van der Waals surface area contributed by atoms with E-state index in [0.29, 0.717) is 32.5 Å². The van der Waals surface area contributed by atoms with E-state index >= 15 is 0 Å². The van der Waals surface area contributed by atoms with Crippen molar-refractivity contribution < 1.29 is 14.3 Å². The number of nitrogens with zero attached hydrogens (tertiary/aromatic N) is 3. The fraction of sp³-hybridized carbons (Fsp3) is 0.304. The first-order valence-corrected chi connectivity index (χ1v) is 12.3. The number of fused-ring (bicyclic) bond motifs is 1. The maximum absolute atomic E-state index is 13.2. The molecule has 0 spiro atoms. The highest BCUT2D eigenvalue weighted by Gasteiger charge is 2.16. The first kappa shape index (κ1) is 25.4. The van der Waals surface area contributed by atoms with Gasteiger partial charge in [-0.25, -0.2) is 9.78 Å². The summed E-state index contributed by atoms with van der Waals surface area (Å²) in [6.07, 6.45) is 2.33. The Bertz CT molecular complexity index is 1250. The Morgan fingerprint density at radius 2 is 2.03 bits per heavy atom. The molecule has 7 nitrogen and oxygen atoms in total. The molecule has 0 saturated carbocycles. The number of rotatable bonds is 8. The third kappa shape index (κ3) is 6.02. The zero-order chi connectivity index (χ0) is 24.1. The van der Waals surface area contributed by atoms with Crippen molar-refractivity contribution in [1.29, 1.82) is 0 Å². The van der Waals surface area contributed by atoms with Crippen molar-refractivity contribution in [3.05, 3.63) is 66.0 Å². The molecule has 0 bridgehead atoms. The summed E-state index contributed by atoms with van der Waals surface area (Å²) in [5.74, 6) is 0.431. The van der Waals surface area contributed by atoms with E-state index in [1.165, 1.54) is 10.9 Å². The number of aromatic nitrogens is 2. The smallest absolute Gasteiger partial charge is 0.344 e. The molecular weight excluding hydrogens is 578 g/mol. The van der Waals surface area contributed by atoms with Gasteiger partial charge in [0.15, 0.2) is 12.4 Å². The van der Waals surface area contributed by atoms with Crippen molar-refractivity contribution in [3.63, 3.8) is 0 Å². The van der Waals surface area contributed by atoms with Gasteiger partial charge in [-0.1, -0.05) is 41.4 Å². The molecular formula is C23H22Br2ClN3O4. The highest BCUT2D eigenvalue weighted by atomic mass is 79.9. The summed E-state index contributed by atoms with van der Waals surface area (Å²) >= 11 is 13.2. The molecule has 0 N–H and O–H groups in total. The Hall–Kier alpha value is -2.23. The lowest BCUT2D eigenvalue weighted by Crippen LogP contribution is -2.23. The second kappa shape index (κ2) is 11.3.